The van der Waals surface area contributed by atoms with Crippen molar-refractivity contribution in [2.75, 3.05) is 19.4 Å². The summed E-state index contributed by atoms with van der Waals surface area (Å²) in [6.07, 6.45) is 1.47. The number of nitrogens with zero attached hydrogens (tertiary/aromatic N) is 2. The van der Waals surface area contributed by atoms with Crippen LogP contribution in [0.1, 0.15) is 13.8 Å². The molecule has 1 aromatic rings. The Morgan fingerprint density at radius 3 is 2.56 bits per heavy atom. The molecule has 0 aliphatic rings. The summed E-state index contributed by atoms with van der Waals surface area (Å²) >= 11 is 0. The van der Waals surface area contributed by atoms with Gasteiger partial charge in [0.05, 0.1) is 5.69 Å². The molecule has 1 rings (SSSR count). The molecule has 0 amide bonds. The van der Waals surface area contributed by atoms with Gasteiger partial charge in [-0.05, 0) is 26.0 Å². The van der Waals surface area contributed by atoms with E-state index in [0.29, 0.717) is 5.69 Å². The van der Waals surface area contributed by atoms with Crippen molar-refractivity contribution in [1.29, 1.82) is 0 Å². The molecule has 0 bridgehead atoms. The number of pyridine rings is 1. The monoisotopic (exact) mass is 243 g/mol. The van der Waals surface area contributed by atoms with Crippen LogP contribution in [0.3, 0.4) is 0 Å². The van der Waals surface area contributed by atoms with Crippen molar-refractivity contribution in [3.05, 3.63) is 18.3 Å². The standard InChI is InChI=1S/C10H17N3O2S/c1-8(2)13(4)16(14,15)10-9(11-3)6-5-7-12-10/h5-8,11H,1-4H3. The van der Waals surface area contributed by atoms with Gasteiger partial charge < -0.3 is 5.32 Å². The average Bonchev–Trinajstić information content (AvgIpc) is 2.27. The van der Waals surface area contributed by atoms with Crippen LogP contribution in [0.2, 0.25) is 0 Å². The molecular weight excluding hydrogens is 226 g/mol. The molecule has 0 spiro atoms. The van der Waals surface area contributed by atoms with Gasteiger partial charge in [0.25, 0.3) is 10.0 Å². The molecule has 6 heteroatoms. The molecule has 0 saturated carbocycles. The molecule has 90 valence electrons. The number of sulfonamides is 1. The summed E-state index contributed by atoms with van der Waals surface area (Å²) in [5.74, 6) is 0. The van der Waals surface area contributed by atoms with E-state index in [1.54, 1.807) is 26.2 Å². The Labute approximate surface area is 96.5 Å². The number of nitrogens with one attached hydrogen (secondary N) is 1. The smallest absolute Gasteiger partial charge is 0.262 e. The molecule has 0 aliphatic carbocycles. The summed E-state index contributed by atoms with van der Waals surface area (Å²) in [6.45, 7) is 3.64. The Morgan fingerprint density at radius 1 is 1.44 bits per heavy atom. The van der Waals surface area contributed by atoms with E-state index in [0.717, 1.165) is 0 Å². The number of hydrogen-bond acceptors (Lipinski definition) is 4. The van der Waals surface area contributed by atoms with Crippen LogP contribution >= 0.6 is 0 Å². The third-order valence-corrected chi connectivity index (χ3v) is 4.39. The van der Waals surface area contributed by atoms with E-state index in [9.17, 15) is 8.42 Å². The Balaban J connectivity index is 3.27. The largest absolute Gasteiger partial charge is 0.386 e. The highest BCUT2D eigenvalue weighted by atomic mass is 32.2. The van der Waals surface area contributed by atoms with E-state index >= 15 is 0 Å². The highest BCUT2D eigenvalue weighted by Crippen LogP contribution is 2.21. The molecule has 5 nitrogen and oxygen atoms in total. The molecule has 0 unspecified atom stereocenters. The number of rotatable bonds is 4. The van der Waals surface area contributed by atoms with Crippen LogP contribution < -0.4 is 5.32 Å². The highest BCUT2D eigenvalue weighted by molar-refractivity contribution is 7.89. The summed E-state index contributed by atoms with van der Waals surface area (Å²) in [7, 11) is -0.300. The summed E-state index contributed by atoms with van der Waals surface area (Å²) in [5, 5.41) is 2.89. The maximum Gasteiger partial charge on any atom is 0.262 e. The Morgan fingerprint density at radius 2 is 2.06 bits per heavy atom. The van der Waals surface area contributed by atoms with Crippen LogP contribution in [-0.2, 0) is 10.0 Å². The van der Waals surface area contributed by atoms with Gasteiger partial charge in [0.2, 0.25) is 0 Å². The first-order valence-electron chi connectivity index (χ1n) is 5.02. The van der Waals surface area contributed by atoms with Gasteiger partial charge in [-0.2, -0.15) is 4.31 Å². The van der Waals surface area contributed by atoms with E-state index in [1.165, 1.54) is 10.5 Å². The zero-order valence-electron chi connectivity index (χ0n) is 9.93. The van der Waals surface area contributed by atoms with Crippen molar-refractivity contribution in [3.63, 3.8) is 0 Å². The maximum atomic E-state index is 12.2. The summed E-state index contributed by atoms with van der Waals surface area (Å²) in [6, 6.07) is 3.28. The van der Waals surface area contributed by atoms with Gasteiger partial charge in [0, 0.05) is 26.3 Å². The van der Waals surface area contributed by atoms with Crippen LogP contribution in [-0.4, -0.2) is 37.8 Å². The van der Waals surface area contributed by atoms with Gasteiger partial charge in [-0.15, -0.1) is 0 Å². The van der Waals surface area contributed by atoms with E-state index < -0.39 is 10.0 Å². The van der Waals surface area contributed by atoms with Gasteiger partial charge in [-0.25, -0.2) is 13.4 Å². The molecule has 0 aliphatic heterocycles. The maximum absolute atomic E-state index is 12.2. The molecule has 0 radical (unpaired) electrons. The summed E-state index contributed by atoms with van der Waals surface area (Å²) < 4.78 is 25.7. The fraction of sp³-hybridized carbons (Fsp3) is 0.500. The van der Waals surface area contributed by atoms with E-state index in [-0.39, 0.29) is 11.1 Å². The molecular formula is C10H17N3O2S. The minimum atomic E-state index is -3.52. The second-order valence-corrected chi connectivity index (χ2v) is 5.63. The first kappa shape index (κ1) is 12.9. The first-order chi connectivity index (χ1) is 7.41. The average molecular weight is 243 g/mol. The SMILES string of the molecule is CNc1cccnc1S(=O)(=O)N(C)C(C)C. The van der Waals surface area contributed by atoms with Gasteiger partial charge in [-0.1, -0.05) is 0 Å². The van der Waals surface area contributed by atoms with E-state index in [2.05, 4.69) is 10.3 Å². The summed E-state index contributed by atoms with van der Waals surface area (Å²) in [4.78, 5) is 3.93. The minimum Gasteiger partial charge on any atom is -0.386 e. The molecule has 1 aromatic heterocycles. The molecule has 1 N–H and O–H groups in total. The fourth-order valence-electron chi connectivity index (χ4n) is 1.20. The molecule has 0 aromatic carbocycles. The molecule has 0 fully saturated rings. The van der Waals surface area contributed by atoms with Crippen molar-refractivity contribution in [2.24, 2.45) is 0 Å². The van der Waals surface area contributed by atoms with Crippen LogP contribution in [0.25, 0.3) is 0 Å². The fourth-order valence-corrected chi connectivity index (χ4v) is 2.67. The first-order valence-corrected chi connectivity index (χ1v) is 6.46. The number of aromatic nitrogens is 1. The lowest BCUT2D eigenvalue weighted by Gasteiger charge is -2.21. The van der Waals surface area contributed by atoms with Crippen LogP contribution in [0.15, 0.2) is 23.4 Å². The number of hydrogen-bond donors (Lipinski definition) is 1. The summed E-state index contributed by atoms with van der Waals surface area (Å²) in [5.41, 5.74) is 0.509. The van der Waals surface area contributed by atoms with Crippen molar-refractivity contribution in [3.8, 4) is 0 Å². The zero-order chi connectivity index (χ0) is 12.3. The van der Waals surface area contributed by atoms with Crippen molar-refractivity contribution < 1.29 is 8.42 Å². The molecule has 0 atom stereocenters. The predicted octanol–water partition coefficient (Wildman–Crippen LogP) is 1.15. The third-order valence-electron chi connectivity index (χ3n) is 2.39. The Bertz CT molecular complexity index is 457. The van der Waals surface area contributed by atoms with E-state index in [1.807, 2.05) is 13.8 Å². The van der Waals surface area contributed by atoms with Crippen LogP contribution in [0.5, 0.6) is 0 Å². The van der Waals surface area contributed by atoms with Crippen LogP contribution in [0.4, 0.5) is 5.69 Å². The van der Waals surface area contributed by atoms with Gasteiger partial charge >= 0.3 is 0 Å². The van der Waals surface area contributed by atoms with Crippen LogP contribution in [0, 0.1) is 0 Å². The Kier molecular flexibility index (Phi) is 3.88. The predicted molar refractivity (Wildman–Crippen MR) is 63.9 cm³/mol. The minimum absolute atomic E-state index is 0.0636. The number of anilines is 1. The molecule has 1 heterocycles. The van der Waals surface area contributed by atoms with Crippen molar-refractivity contribution in [1.82, 2.24) is 9.29 Å². The molecule has 16 heavy (non-hydrogen) atoms. The normalized spacial score (nSPS) is 12.1. The lowest BCUT2D eigenvalue weighted by Crippen LogP contribution is -2.34. The van der Waals surface area contributed by atoms with E-state index in [4.69, 9.17) is 0 Å². The lowest BCUT2D eigenvalue weighted by atomic mass is 10.4. The van der Waals surface area contributed by atoms with Gasteiger partial charge in [0.15, 0.2) is 5.03 Å². The van der Waals surface area contributed by atoms with Gasteiger partial charge in [0.1, 0.15) is 0 Å². The lowest BCUT2D eigenvalue weighted by molar-refractivity contribution is 0.409. The Hall–Kier alpha value is -1.14. The van der Waals surface area contributed by atoms with Gasteiger partial charge in [-0.3, -0.25) is 0 Å². The topological polar surface area (TPSA) is 62.3 Å². The second-order valence-electron chi connectivity index (χ2n) is 3.72. The van der Waals surface area contributed by atoms with Crippen molar-refractivity contribution in [2.45, 2.75) is 24.9 Å². The molecule has 0 saturated heterocycles. The second kappa shape index (κ2) is 4.80. The zero-order valence-corrected chi connectivity index (χ0v) is 10.7. The third kappa shape index (κ3) is 2.33. The quantitative estimate of drug-likeness (QED) is 0.861. The van der Waals surface area contributed by atoms with Crippen molar-refractivity contribution >= 4 is 15.7 Å². The highest BCUT2D eigenvalue weighted by Gasteiger charge is 2.26.